The molecule has 0 aliphatic heterocycles. The van der Waals surface area contributed by atoms with E-state index >= 15 is 0 Å². The van der Waals surface area contributed by atoms with Gasteiger partial charge in [-0.15, -0.1) is 0 Å². The smallest absolute Gasteiger partial charge is 0.209 e. The number of phenolic OH excluding ortho intramolecular Hbond substituents is 1. The number of ether oxygens (including phenoxy) is 1. The van der Waals surface area contributed by atoms with Crippen molar-refractivity contribution >= 4 is 26.0 Å². The van der Waals surface area contributed by atoms with Gasteiger partial charge in [-0.2, -0.15) is 0 Å². The lowest BCUT2D eigenvalue weighted by molar-refractivity contribution is 0.371. The van der Waals surface area contributed by atoms with Gasteiger partial charge >= 0.3 is 0 Å². The Hall–Kier alpha value is -0.830. The van der Waals surface area contributed by atoms with Crippen LogP contribution in [0.4, 0.5) is 0 Å². The summed E-state index contributed by atoms with van der Waals surface area (Å²) in [7, 11) is -1.92. The van der Waals surface area contributed by atoms with E-state index in [1.807, 2.05) is 0 Å². The predicted molar refractivity (Wildman–Crippen MR) is 76.7 cm³/mol. The number of rotatable bonds is 7. The summed E-state index contributed by atoms with van der Waals surface area (Å²) >= 11 is 3.23. The van der Waals surface area contributed by atoms with Crippen LogP contribution in [0.25, 0.3) is 0 Å². The van der Waals surface area contributed by atoms with E-state index in [4.69, 9.17) is 9.88 Å². The van der Waals surface area contributed by atoms with Crippen molar-refractivity contribution in [2.24, 2.45) is 5.14 Å². The van der Waals surface area contributed by atoms with Gasteiger partial charge in [0.2, 0.25) is 10.0 Å². The maximum atomic E-state index is 10.7. The molecule has 0 spiro atoms. The van der Waals surface area contributed by atoms with Crippen LogP contribution < -0.4 is 15.2 Å². The van der Waals surface area contributed by atoms with E-state index in [2.05, 4.69) is 21.2 Å². The first-order valence-electron chi connectivity index (χ1n) is 5.60. The predicted octanol–water partition coefficient (Wildman–Crippen LogP) is 0.932. The van der Waals surface area contributed by atoms with Gasteiger partial charge in [0.1, 0.15) is 0 Å². The minimum Gasteiger partial charge on any atom is -0.503 e. The molecule has 6 nitrogen and oxygen atoms in total. The molecular formula is C11H17BrN2O4S. The fourth-order valence-electron chi connectivity index (χ4n) is 1.52. The number of methoxy groups -OCH3 is 1. The number of nitrogens with two attached hydrogens (primary N) is 1. The number of benzene rings is 1. The molecule has 0 atom stereocenters. The Morgan fingerprint density at radius 1 is 1.47 bits per heavy atom. The van der Waals surface area contributed by atoms with E-state index in [1.165, 1.54) is 7.11 Å². The summed E-state index contributed by atoms with van der Waals surface area (Å²) in [6, 6.07) is 3.48. The largest absolute Gasteiger partial charge is 0.503 e. The van der Waals surface area contributed by atoms with E-state index < -0.39 is 10.0 Å². The Bertz CT molecular complexity index is 534. The average molecular weight is 353 g/mol. The van der Waals surface area contributed by atoms with Crippen LogP contribution in [0.3, 0.4) is 0 Å². The van der Waals surface area contributed by atoms with Gasteiger partial charge in [-0.1, -0.05) is 0 Å². The zero-order valence-corrected chi connectivity index (χ0v) is 12.9. The van der Waals surface area contributed by atoms with Crippen molar-refractivity contribution in [2.75, 3.05) is 19.4 Å². The highest BCUT2D eigenvalue weighted by atomic mass is 79.9. The van der Waals surface area contributed by atoms with Crippen LogP contribution in [0, 0.1) is 0 Å². The molecule has 4 N–H and O–H groups in total. The molecule has 0 amide bonds. The first-order chi connectivity index (χ1) is 8.83. The number of nitrogens with one attached hydrogen (secondary N) is 1. The van der Waals surface area contributed by atoms with Gasteiger partial charge in [-0.05, 0) is 46.6 Å². The molecule has 19 heavy (non-hydrogen) atoms. The van der Waals surface area contributed by atoms with Crippen molar-refractivity contribution in [2.45, 2.75) is 13.0 Å². The molecular weight excluding hydrogens is 336 g/mol. The highest BCUT2D eigenvalue weighted by Crippen LogP contribution is 2.35. The number of primary sulfonamides is 1. The number of aromatic hydroxyl groups is 1. The molecule has 108 valence electrons. The summed E-state index contributed by atoms with van der Waals surface area (Å²) in [6.45, 7) is 1.08. The van der Waals surface area contributed by atoms with E-state index in [-0.39, 0.29) is 11.5 Å². The molecule has 0 fully saturated rings. The van der Waals surface area contributed by atoms with Gasteiger partial charge in [0, 0.05) is 6.54 Å². The third-order valence-corrected chi connectivity index (χ3v) is 3.88. The fraction of sp³-hybridized carbons (Fsp3) is 0.455. The van der Waals surface area contributed by atoms with Crippen LogP contribution in [0.5, 0.6) is 11.5 Å². The van der Waals surface area contributed by atoms with Crippen molar-refractivity contribution in [1.82, 2.24) is 5.32 Å². The minimum absolute atomic E-state index is 0.0391. The van der Waals surface area contributed by atoms with E-state index in [1.54, 1.807) is 12.1 Å². The Morgan fingerprint density at radius 2 is 2.16 bits per heavy atom. The number of halogens is 1. The minimum atomic E-state index is -3.39. The van der Waals surface area contributed by atoms with Crippen LogP contribution in [0.15, 0.2) is 16.6 Å². The van der Waals surface area contributed by atoms with Crippen LogP contribution in [0.2, 0.25) is 0 Å². The summed E-state index contributed by atoms with van der Waals surface area (Å²) in [5.41, 5.74) is 0.914. The third-order valence-electron chi connectivity index (χ3n) is 2.42. The van der Waals surface area contributed by atoms with Crippen LogP contribution in [-0.4, -0.2) is 32.9 Å². The zero-order valence-electron chi connectivity index (χ0n) is 10.5. The van der Waals surface area contributed by atoms with Crippen LogP contribution in [-0.2, 0) is 16.6 Å². The summed E-state index contributed by atoms with van der Waals surface area (Å²) in [5, 5.41) is 17.6. The summed E-state index contributed by atoms with van der Waals surface area (Å²) in [4.78, 5) is 0. The topological polar surface area (TPSA) is 102 Å². The van der Waals surface area contributed by atoms with Gasteiger partial charge in [0.25, 0.3) is 0 Å². The van der Waals surface area contributed by atoms with Crippen molar-refractivity contribution in [1.29, 1.82) is 0 Å². The van der Waals surface area contributed by atoms with Crippen molar-refractivity contribution in [3.05, 3.63) is 22.2 Å². The molecule has 0 heterocycles. The number of hydrogen-bond donors (Lipinski definition) is 3. The SMILES string of the molecule is COc1cc(CNCCCS(N)(=O)=O)cc(Br)c1O. The first kappa shape index (κ1) is 16.2. The highest BCUT2D eigenvalue weighted by molar-refractivity contribution is 9.10. The van der Waals surface area contributed by atoms with E-state index in [9.17, 15) is 13.5 Å². The maximum absolute atomic E-state index is 10.7. The van der Waals surface area contributed by atoms with Gasteiger partial charge < -0.3 is 15.2 Å². The molecule has 0 saturated carbocycles. The Balaban J connectivity index is 2.48. The van der Waals surface area contributed by atoms with Crippen molar-refractivity contribution < 1.29 is 18.3 Å². The van der Waals surface area contributed by atoms with Crippen molar-refractivity contribution in [3.8, 4) is 11.5 Å². The Kier molecular flexibility index (Phi) is 6.05. The van der Waals surface area contributed by atoms with Crippen LogP contribution in [0.1, 0.15) is 12.0 Å². The highest BCUT2D eigenvalue weighted by Gasteiger charge is 2.08. The van der Waals surface area contributed by atoms with Crippen LogP contribution >= 0.6 is 15.9 Å². The molecule has 1 aromatic carbocycles. The zero-order chi connectivity index (χ0) is 14.5. The molecule has 0 aliphatic rings. The molecule has 1 rings (SSSR count). The molecule has 0 aromatic heterocycles. The Morgan fingerprint density at radius 3 is 2.74 bits per heavy atom. The summed E-state index contributed by atoms with van der Waals surface area (Å²) in [6.07, 6.45) is 0.454. The molecule has 8 heteroatoms. The van der Waals surface area contributed by atoms with Gasteiger partial charge in [0.05, 0.1) is 17.3 Å². The molecule has 0 radical (unpaired) electrons. The quantitative estimate of drug-likeness (QED) is 0.633. The lowest BCUT2D eigenvalue weighted by atomic mass is 10.2. The molecule has 0 saturated heterocycles. The van der Waals surface area contributed by atoms with E-state index in [0.29, 0.717) is 29.7 Å². The maximum Gasteiger partial charge on any atom is 0.209 e. The number of sulfonamides is 1. The van der Waals surface area contributed by atoms with Gasteiger partial charge in [-0.3, -0.25) is 0 Å². The summed E-state index contributed by atoms with van der Waals surface area (Å²) in [5.74, 6) is 0.402. The van der Waals surface area contributed by atoms with E-state index in [0.717, 1.165) is 5.56 Å². The van der Waals surface area contributed by atoms with Crippen molar-refractivity contribution in [3.63, 3.8) is 0 Å². The lowest BCUT2D eigenvalue weighted by Gasteiger charge is -2.09. The van der Waals surface area contributed by atoms with Gasteiger partial charge in [0.15, 0.2) is 11.5 Å². The average Bonchev–Trinajstić information content (AvgIpc) is 2.31. The number of hydrogen-bond acceptors (Lipinski definition) is 5. The second-order valence-electron chi connectivity index (χ2n) is 4.03. The second-order valence-corrected chi connectivity index (χ2v) is 6.61. The number of phenols is 1. The first-order valence-corrected chi connectivity index (χ1v) is 8.11. The molecule has 0 unspecified atom stereocenters. The summed E-state index contributed by atoms with van der Waals surface area (Å²) < 4.78 is 27.0. The normalized spacial score (nSPS) is 11.5. The van der Waals surface area contributed by atoms with Gasteiger partial charge in [-0.25, -0.2) is 13.6 Å². The molecule has 0 aliphatic carbocycles. The molecule has 0 bridgehead atoms. The standard InChI is InChI=1S/C11H17BrN2O4S/c1-18-10-6-8(5-9(12)11(10)15)7-14-3-2-4-19(13,16)17/h5-6,14-15H,2-4,7H2,1H3,(H2,13,16,17). The monoisotopic (exact) mass is 352 g/mol. The second kappa shape index (κ2) is 7.09. The fourth-order valence-corrected chi connectivity index (χ4v) is 2.55. The third kappa shape index (κ3) is 5.77. The molecule has 1 aromatic rings. The Labute approximate surface area is 121 Å². The lowest BCUT2D eigenvalue weighted by Crippen LogP contribution is -2.22.